The number of rotatable bonds is 6. The highest BCUT2D eigenvalue weighted by Crippen LogP contribution is 2.30. The maximum atomic E-state index is 11.1. The van der Waals surface area contributed by atoms with Crippen molar-refractivity contribution >= 4 is 23.3 Å². The predicted molar refractivity (Wildman–Crippen MR) is 78.1 cm³/mol. The zero-order chi connectivity index (χ0) is 15.4. The van der Waals surface area contributed by atoms with Gasteiger partial charge in [0.15, 0.2) is 0 Å². The fourth-order valence-electron chi connectivity index (χ4n) is 1.66. The van der Waals surface area contributed by atoms with E-state index in [1.54, 1.807) is 24.1 Å². The molecule has 0 fully saturated rings. The summed E-state index contributed by atoms with van der Waals surface area (Å²) in [5.74, 6) is 0.848. The van der Waals surface area contributed by atoms with Crippen LogP contribution >= 0.6 is 0 Å². The van der Waals surface area contributed by atoms with E-state index < -0.39 is 4.92 Å². The fourth-order valence-corrected chi connectivity index (χ4v) is 1.66. The summed E-state index contributed by atoms with van der Waals surface area (Å²) in [6, 6.07) is 3.48. The molecule has 0 aliphatic carbocycles. The van der Waals surface area contributed by atoms with Crippen molar-refractivity contribution in [3.8, 4) is 0 Å². The lowest BCUT2D eigenvalue weighted by Crippen LogP contribution is -2.21. The van der Waals surface area contributed by atoms with Crippen LogP contribution in [0.25, 0.3) is 0 Å². The molecule has 2 aromatic heterocycles. The molecule has 0 amide bonds. The Balaban J connectivity index is 2.34. The number of furan rings is 1. The Labute approximate surface area is 120 Å². The third-order valence-corrected chi connectivity index (χ3v) is 2.91. The van der Waals surface area contributed by atoms with Crippen LogP contribution < -0.4 is 16.0 Å². The van der Waals surface area contributed by atoms with Crippen LogP contribution in [0.15, 0.2) is 22.8 Å². The Morgan fingerprint density at radius 1 is 1.52 bits per heavy atom. The van der Waals surface area contributed by atoms with Crippen molar-refractivity contribution in [1.82, 2.24) is 9.97 Å². The molecule has 0 bridgehead atoms. The van der Waals surface area contributed by atoms with E-state index in [1.807, 2.05) is 6.92 Å². The Bertz CT molecular complexity index is 628. The SMILES string of the molecule is CCN(C)c1nc(N)c([N+](=O)[O-])c(NCc2ccco2)n1. The Hall–Kier alpha value is -2.84. The molecule has 0 saturated heterocycles. The lowest BCUT2D eigenvalue weighted by molar-refractivity contribution is -0.383. The van der Waals surface area contributed by atoms with Gasteiger partial charge in [0, 0.05) is 13.6 Å². The maximum absolute atomic E-state index is 11.1. The molecule has 2 heterocycles. The first-order chi connectivity index (χ1) is 10.0. The second-order valence-electron chi connectivity index (χ2n) is 4.31. The molecule has 0 atom stereocenters. The first-order valence-electron chi connectivity index (χ1n) is 6.32. The van der Waals surface area contributed by atoms with Gasteiger partial charge in [0.2, 0.25) is 17.6 Å². The second kappa shape index (κ2) is 6.07. The highest BCUT2D eigenvalue weighted by atomic mass is 16.6. The van der Waals surface area contributed by atoms with Gasteiger partial charge in [0.25, 0.3) is 0 Å². The minimum Gasteiger partial charge on any atom is -0.467 e. The molecule has 9 heteroatoms. The summed E-state index contributed by atoms with van der Waals surface area (Å²) in [6.45, 7) is 2.82. The number of hydrogen-bond acceptors (Lipinski definition) is 8. The van der Waals surface area contributed by atoms with Crippen molar-refractivity contribution in [3.05, 3.63) is 34.3 Å². The maximum Gasteiger partial charge on any atom is 0.353 e. The summed E-state index contributed by atoms with van der Waals surface area (Å²) in [5, 5.41) is 14.0. The summed E-state index contributed by atoms with van der Waals surface area (Å²) in [5.41, 5.74) is 5.34. The van der Waals surface area contributed by atoms with Crippen LogP contribution in [0.2, 0.25) is 0 Å². The summed E-state index contributed by atoms with van der Waals surface area (Å²) >= 11 is 0. The second-order valence-corrected chi connectivity index (χ2v) is 4.31. The van der Waals surface area contributed by atoms with Gasteiger partial charge in [-0.15, -0.1) is 0 Å². The molecule has 0 saturated carbocycles. The molecule has 2 rings (SSSR count). The van der Waals surface area contributed by atoms with Gasteiger partial charge in [-0.25, -0.2) is 0 Å². The fraction of sp³-hybridized carbons (Fsp3) is 0.333. The smallest absolute Gasteiger partial charge is 0.353 e. The quantitative estimate of drug-likeness (QED) is 0.608. The van der Waals surface area contributed by atoms with E-state index in [9.17, 15) is 10.1 Å². The van der Waals surface area contributed by atoms with Crippen molar-refractivity contribution in [2.45, 2.75) is 13.5 Å². The molecular weight excluding hydrogens is 276 g/mol. The van der Waals surface area contributed by atoms with Gasteiger partial charge in [-0.3, -0.25) is 10.1 Å². The Morgan fingerprint density at radius 2 is 2.29 bits per heavy atom. The number of aromatic nitrogens is 2. The van der Waals surface area contributed by atoms with Crippen molar-refractivity contribution in [3.63, 3.8) is 0 Å². The number of nitrogens with two attached hydrogens (primary N) is 1. The minimum absolute atomic E-state index is 0.0687. The van der Waals surface area contributed by atoms with Crippen LogP contribution in [0.1, 0.15) is 12.7 Å². The summed E-state index contributed by atoms with van der Waals surface area (Å²) < 4.78 is 5.17. The average Bonchev–Trinajstić information content (AvgIpc) is 2.96. The van der Waals surface area contributed by atoms with E-state index in [2.05, 4.69) is 15.3 Å². The average molecular weight is 292 g/mol. The van der Waals surface area contributed by atoms with E-state index >= 15 is 0 Å². The molecule has 0 aliphatic heterocycles. The van der Waals surface area contributed by atoms with Gasteiger partial charge >= 0.3 is 5.69 Å². The largest absolute Gasteiger partial charge is 0.467 e. The first kappa shape index (κ1) is 14.6. The van der Waals surface area contributed by atoms with Crippen LogP contribution in [0.4, 0.5) is 23.3 Å². The topological polar surface area (TPSA) is 123 Å². The molecule has 112 valence electrons. The van der Waals surface area contributed by atoms with E-state index in [0.29, 0.717) is 18.3 Å². The zero-order valence-electron chi connectivity index (χ0n) is 11.7. The molecule has 9 nitrogen and oxygen atoms in total. The van der Waals surface area contributed by atoms with E-state index in [0.717, 1.165) is 0 Å². The van der Waals surface area contributed by atoms with Crippen molar-refractivity contribution in [1.29, 1.82) is 0 Å². The monoisotopic (exact) mass is 292 g/mol. The lowest BCUT2D eigenvalue weighted by Gasteiger charge is -2.16. The van der Waals surface area contributed by atoms with Crippen LogP contribution in [0.5, 0.6) is 0 Å². The number of anilines is 3. The van der Waals surface area contributed by atoms with Gasteiger partial charge in [-0.05, 0) is 19.1 Å². The minimum atomic E-state index is -0.602. The normalized spacial score (nSPS) is 10.4. The molecule has 0 spiro atoms. The summed E-state index contributed by atoms with van der Waals surface area (Å²) in [6.07, 6.45) is 1.52. The van der Waals surface area contributed by atoms with E-state index in [4.69, 9.17) is 10.2 Å². The van der Waals surface area contributed by atoms with Gasteiger partial charge in [-0.2, -0.15) is 9.97 Å². The van der Waals surface area contributed by atoms with Gasteiger partial charge < -0.3 is 20.4 Å². The highest BCUT2D eigenvalue weighted by Gasteiger charge is 2.24. The number of nitrogens with one attached hydrogen (secondary N) is 1. The molecule has 3 N–H and O–H groups in total. The van der Waals surface area contributed by atoms with Crippen LogP contribution in [0, 0.1) is 10.1 Å². The molecule has 0 radical (unpaired) electrons. The zero-order valence-corrected chi connectivity index (χ0v) is 11.7. The van der Waals surface area contributed by atoms with Gasteiger partial charge in [0.05, 0.1) is 17.7 Å². The van der Waals surface area contributed by atoms with Crippen LogP contribution in [-0.2, 0) is 6.54 Å². The highest BCUT2D eigenvalue weighted by molar-refractivity contribution is 5.70. The third-order valence-electron chi connectivity index (χ3n) is 2.91. The summed E-state index contributed by atoms with van der Waals surface area (Å²) in [4.78, 5) is 20.4. The Morgan fingerprint density at radius 3 is 2.86 bits per heavy atom. The summed E-state index contributed by atoms with van der Waals surface area (Å²) in [7, 11) is 1.77. The van der Waals surface area contributed by atoms with E-state index in [-0.39, 0.29) is 23.9 Å². The third kappa shape index (κ3) is 3.19. The van der Waals surface area contributed by atoms with Crippen molar-refractivity contribution in [2.24, 2.45) is 0 Å². The van der Waals surface area contributed by atoms with Gasteiger partial charge in [-0.1, -0.05) is 0 Å². The van der Waals surface area contributed by atoms with Gasteiger partial charge in [0.1, 0.15) is 5.76 Å². The van der Waals surface area contributed by atoms with Crippen LogP contribution in [0.3, 0.4) is 0 Å². The molecule has 0 aliphatic rings. The van der Waals surface area contributed by atoms with Crippen molar-refractivity contribution < 1.29 is 9.34 Å². The molecule has 21 heavy (non-hydrogen) atoms. The molecule has 0 unspecified atom stereocenters. The molecular formula is C12H16N6O3. The number of nitrogens with zero attached hydrogens (tertiary/aromatic N) is 4. The lowest BCUT2D eigenvalue weighted by atomic mass is 10.4. The number of nitrogen functional groups attached to an aromatic ring is 1. The predicted octanol–water partition coefficient (Wildman–Crippen LogP) is 1.63. The molecule has 2 aromatic rings. The Kier molecular flexibility index (Phi) is 4.21. The van der Waals surface area contributed by atoms with Crippen molar-refractivity contribution in [2.75, 3.05) is 29.5 Å². The number of hydrogen-bond donors (Lipinski definition) is 2. The molecule has 0 aromatic carbocycles. The standard InChI is InChI=1S/C12H16N6O3/c1-3-17(2)12-15-10(13)9(18(19)20)11(16-12)14-7-8-5-4-6-21-8/h4-6H,3,7H2,1-2H3,(H3,13,14,15,16). The number of nitro groups is 1. The van der Waals surface area contributed by atoms with Crippen LogP contribution in [-0.4, -0.2) is 28.5 Å². The van der Waals surface area contributed by atoms with E-state index in [1.165, 1.54) is 6.26 Å². The first-order valence-corrected chi connectivity index (χ1v) is 6.32.